The summed E-state index contributed by atoms with van der Waals surface area (Å²) >= 11 is 6.29. The lowest BCUT2D eigenvalue weighted by Crippen LogP contribution is -2.19. The maximum Gasteiger partial charge on any atom is 0.374 e. The van der Waals surface area contributed by atoms with Gasteiger partial charge in [-0.25, -0.2) is 9.78 Å². The molecule has 1 atom stereocenters. The number of Topliss-reactive ketones (excluding diaryl/α,β-unsaturated/α-hetero) is 1. The molecule has 1 heterocycles. The molecule has 154 valence electrons. The van der Waals surface area contributed by atoms with Gasteiger partial charge in [0.1, 0.15) is 5.75 Å². The van der Waals surface area contributed by atoms with Crippen molar-refractivity contribution in [1.82, 2.24) is 4.98 Å². The molecule has 1 aromatic carbocycles. The number of aromatic nitrogens is 1. The van der Waals surface area contributed by atoms with Crippen molar-refractivity contribution in [1.29, 1.82) is 0 Å². The Balaban J connectivity index is 1.93. The van der Waals surface area contributed by atoms with Crippen LogP contribution in [0.3, 0.4) is 0 Å². The molecule has 0 fully saturated rings. The fourth-order valence-electron chi connectivity index (χ4n) is 2.67. The van der Waals surface area contributed by atoms with E-state index in [0.717, 1.165) is 18.4 Å². The van der Waals surface area contributed by atoms with E-state index >= 15 is 0 Å². The Kier molecular flexibility index (Phi) is 8.87. The zero-order chi connectivity index (χ0) is 21.2. The maximum atomic E-state index is 11.7. The monoisotopic (exact) mass is 415 g/mol. The molecule has 0 aliphatic carbocycles. The Morgan fingerprint density at radius 2 is 2.00 bits per heavy atom. The van der Waals surface area contributed by atoms with Crippen molar-refractivity contribution in [3.8, 4) is 11.6 Å². The van der Waals surface area contributed by atoms with Crippen LogP contribution < -0.4 is 4.74 Å². The molecule has 5 nitrogen and oxygen atoms in total. The summed E-state index contributed by atoms with van der Waals surface area (Å²) < 4.78 is 10.5. The number of halogens is 1. The van der Waals surface area contributed by atoms with Crippen molar-refractivity contribution >= 4 is 29.4 Å². The standard InChI is InChI=1S/C23H26ClNO4/c1-4-6-17-9-11-21(19(24)14-17)29-22-12-10-18(15-25-22)8-7-16(3)13-20(26)23(27)28-5-2/h7-12,14-16H,4-6,13H2,1-3H3/b8-7+/t16-/m0/s1. The van der Waals surface area contributed by atoms with Crippen LogP contribution >= 0.6 is 11.6 Å². The van der Waals surface area contributed by atoms with E-state index in [1.165, 1.54) is 5.56 Å². The van der Waals surface area contributed by atoms with Gasteiger partial charge in [-0.3, -0.25) is 4.79 Å². The predicted octanol–water partition coefficient (Wildman–Crippen LogP) is 5.65. The molecule has 0 spiro atoms. The van der Waals surface area contributed by atoms with Crippen LogP contribution in [0.4, 0.5) is 0 Å². The Morgan fingerprint density at radius 1 is 1.21 bits per heavy atom. The zero-order valence-electron chi connectivity index (χ0n) is 17.0. The van der Waals surface area contributed by atoms with Crippen LogP contribution in [0.15, 0.2) is 42.6 Å². The van der Waals surface area contributed by atoms with E-state index in [4.69, 9.17) is 21.1 Å². The van der Waals surface area contributed by atoms with E-state index in [9.17, 15) is 9.59 Å². The molecule has 0 saturated carbocycles. The molecular weight excluding hydrogens is 390 g/mol. The van der Waals surface area contributed by atoms with Gasteiger partial charge in [-0.1, -0.05) is 50.1 Å². The van der Waals surface area contributed by atoms with Gasteiger partial charge >= 0.3 is 5.97 Å². The van der Waals surface area contributed by atoms with E-state index in [-0.39, 0.29) is 18.9 Å². The molecule has 0 saturated heterocycles. The summed E-state index contributed by atoms with van der Waals surface area (Å²) in [6.45, 7) is 5.85. The average Bonchev–Trinajstić information content (AvgIpc) is 2.70. The highest BCUT2D eigenvalue weighted by atomic mass is 35.5. The third kappa shape index (κ3) is 7.35. The van der Waals surface area contributed by atoms with E-state index in [0.29, 0.717) is 16.7 Å². The largest absolute Gasteiger partial charge is 0.460 e. The van der Waals surface area contributed by atoms with Crippen LogP contribution in [0, 0.1) is 5.92 Å². The molecule has 0 aliphatic heterocycles. The van der Waals surface area contributed by atoms with Crippen molar-refractivity contribution < 1.29 is 19.1 Å². The highest BCUT2D eigenvalue weighted by Crippen LogP contribution is 2.29. The molecule has 0 radical (unpaired) electrons. The predicted molar refractivity (Wildman–Crippen MR) is 114 cm³/mol. The highest BCUT2D eigenvalue weighted by molar-refractivity contribution is 6.33. The first kappa shape index (κ1) is 22.6. The lowest BCUT2D eigenvalue weighted by atomic mass is 10.0. The van der Waals surface area contributed by atoms with Crippen LogP contribution in [0.5, 0.6) is 11.6 Å². The number of ketones is 1. The molecule has 0 unspecified atom stereocenters. The van der Waals surface area contributed by atoms with Gasteiger partial charge in [0.05, 0.1) is 11.6 Å². The van der Waals surface area contributed by atoms with Crippen molar-refractivity contribution in [2.24, 2.45) is 5.92 Å². The molecule has 0 N–H and O–H groups in total. The van der Waals surface area contributed by atoms with E-state index < -0.39 is 11.8 Å². The first-order chi connectivity index (χ1) is 13.9. The van der Waals surface area contributed by atoms with E-state index in [1.54, 1.807) is 19.2 Å². The summed E-state index contributed by atoms with van der Waals surface area (Å²) in [5.74, 6) is -0.389. The average molecular weight is 416 g/mol. The second-order valence-corrected chi connectivity index (χ2v) is 7.14. The third-order valence-electron chi connectivity index (χ3n) is 4.14. The van der Waals surface area contributed by atoms with Crippen molar-refractivity contribution in [2.45, 2.75) is 40.0 Å². The number of hydrogen-bond donors (Lipinski definition) is 0. The quantitative estimate of drug-likeness (QED) is 0.370. The van der Waals surface area contributed by atoms with Crippen molar-refractivity contribution in [3.05, 3.63) is 58.8 Å². The maximum absolute atomic E-state index is 11.7. The third-order valence-corrected chi connectivity index (χ3v) is 4.43. The number of pyridine rings is 1. The fourth-order valence-corrected chi connectivity index (χ4v) is 2.91. The summed E-state index contributed by atoms with van der Waals surface area (Å²) in [4.78, 5) is 27.4. The SMILES string of the molecule is CCCc1ccc(Oc2ccc(/C=C/[C@H](C)CC(=O)C(=O)OCC)cn2)c(Cl)c1. The smallest absolute Gasteiger partial charge is 0.374 e. The number of ether oxygens (including phenoxy) is 2. The van der Waals surface area contributed by atoms with Crippen LogP contribution in [0.1, 0.15) is 44.7 Å². The number of aryl methyl sites for hydroxylation is 1. The minimum Gasteiger partial charge on any atom is -0.460 e. The Labute approximate surface area is 176 Å². The first-order valence-electron chi connectivity index (χ1n) is 9.73. The molecule has 0 aliphatic rings. The number of carbonyl (C=O) groups is 2. The topological polar surface area (TPSA) is 65.5 Å². The summed E-state index contributed by atoms with van der Waals surface area (Å²) in [5, 5.41) is 0.557. The number of benzene rings is 1. The molecule has 6 heteroatoms. The summed E-state index contributed by atoms with van der Waals surface area (Å²) in [6, 6.07) is 9.38. The Hall–Kier alpha value is -2.66. The molecule has 2 aromatic rings. The molecule has 2 rings (SSSR count). The summed E-state index contributed by atoms with van der Waals surface area (Å²) in [7, 11) is 0. The fraction of sp³-hybridized carbons (Fsp3) is 0.348. The Morgan fingerprint density at radius 3 is 2.62 bits per heavy atom. The normalized spacial score (nSPS) is 12.0. The van der Waals surface area contributed by atoms with Gasteiger partial charge in [-0.15, -0.1) is 0 Å². The zero-order valence-corrected chi connectivity index (χ0v) is 17.7. The minimum atomic E-state index is -0.780. The first-order valence-corrected chi connectivity index (χ1v) is 10.1. The molecule has 1 aromatic heterocycles. The summed E-state index contributed by atoms with van der Waals surface area (Å²) in [5.41, 5.74) is 2.03. The number of rotatable bonds is 10. The second kappa shape index (κ2) is 11.4. The van der Waals surface area contributed by atoms with Crippen molar-refractivity contribution in [3.63, 3.8) is 0 Å². The van der Waals surface area contributed by atoms with Gasteiger partial charge in [0.2, 0.25) is 11.7 Å². The van der Waals surface area contributed by atoms with Gasteiger partial charge < -0.3 is 9.47 Å². The van der Waals surface area contributed by atoms with Crippen LogP contribution in [0.25, 0.3) is 6.08 Å². The van der Waals surface area contributed by atoms with Gasteiger partial charge in [0, 0.05) is 18.7 Å². The molecule has 0 bridgehead atoms. The lowest BCUT2D eigenvalue weighted by Gasteiger charge is -2.08. The molecule has 0 amide bonds. The second-order valence-electron chi connectivity index (χ2n) is 6.73. The van der Waals surface area contributed by atoms with Crippen LogP contribution in [0.2, 0.25) is 5.02 Å². The van der Waals surface area contributed by atoms with Crippen molar-refractivity contribution in [2.75, 3.05) is 6.61 Å². The molecule has 29 heavy (non-hydrogen) atoms. The van der Waals surface area contributed by atoms with Gasteiger partial charge in [-0.2, -0.15) is 0 Å². The van der Waals surface area contributed by atoms with E-state index in [2.05, 4.69) is 11.9 Å². The number of carbonyl (C=O) groups excluding carboxylic acids is 2. The summed E-state index contributed by atoms with van der Waals surface area (Å²) in [6.07, 6.45) is 7.53. The Bertz CT molecular complexity index is 862. The minimum absolute atomic E-state index is 0.0942. The van der Waals surface area contributed by atoms with E-state index in [1.807, 2.05) is 43.3 Å². The van der Waals surface area contributed by atoms with Gasteiger partial charge in [0.25, 0.3) is 0 Å². The van der Waals surface area contributed by atoms with Gasteiger partial charge in [0.15, 0.2) is 0 Å². The van der Waals surface area contributed by atoms with Crippen LogP contribution in [-0.2, 0) is 20.7 Å². The lowest BCUT2D eigenvalue weighted by molar-refractivity contribution is -0.153. The highest BCUT2D eigenvalue weighted by Gasteiger charge is 2.16. The molecular formula is C23H26ClNO4. The van der Waals surface area contributed by atoms with Crippen LogP contribution in [-0.4, -0.2) is 23.3 Å². The number of hydrogen-bond acceptors (Lipinski definition) is 5. The number of esters is 1. The van der Waals surface area contributed by atoms with Gasteiger partial charge in [-0.05, 0) is 48.6 Å². The number of allylic oxidation sites excluding steroid dienone is 1. The number of nitrogens with zero attached hydrogens (tertiary/aromatic N) is 1.